The van der Waals surface area contributed by atoms with Crippen LogP contribution < -0.4 is 0 Å². The van der Waals surface area contributed by atoms with Crippen molar-refractivity contribution in [1.82, 2.24) is 9.80 Å². The van der Waals surface area contributed by atoms with Gasteiger partial charge < -0.3 is 14.8 Å². The Balaban J connectivity index is 0.000000320. The van der Waals surface area contributed by atoms with Crippen molar-refractivity contribution in [2.24, 2.45) is 32.5 Å². The van der Waals surface area contributed by atoms with E-state index in [2.05, 4.69) is 94.1 Å². The first kappa shape index (κ1) is 40.3. The second-order valence-corrected chi connectivity index (χ2v) is 18.9. The van der Waals surface area contributed by atoms with Gasteiger partial charge in [-0.3, -0.25) is 9.69 Å². The first-order valence-corrected chi connectivity index (χ1v) is 18.1. The number of benzene rings is 1. The number of carbonyl (C=O) groups excluding carboxylic acids is 2. The number of Topliss-reactive ketones (excluding diaryl/α,β-unsaturated/α-hetero) is 1. The van der Waals surface area contributed by atoms with E-state index in [0.29, 0.717) is 34.8 Å². The summed E-state index contributed by atoms with van der Waals surface area (Å²) in [5.74, 6) is 0.872. The van der Waals surface area contributed by atoms with Crippen LogP contribution in [-0.4, -0.2) is 52.8 Å². The number of carbonyl (C=O) groups is 2. The van der Waals surface area contributed by atoms with Crippen molar-refractivity contribution in [2.45, 2.75) is 155 Å². The number of aromatic hydroxyl groups is 1. The number of nitrogens with zero attached hydrogens (tertiary/aromatic N) is 2. The molecule has 5 nitrogen and oxygen atoms in total. The van der Waals surface area contributed by atoms with E-state index in [1.807, 2.05) is 24.0 Å². The number of likely N-dealkylation sites (tertiary alicyclic amines) is 2. The molecular formula is C41H72N2O3. The second kappa shape index (κ2) is 15.1. The summed E-state index contributed by atoms with van der Waals surface area (Å²) < 4.78 is 0. The molecule has 0 atom stereocenters. The summed E-state index contributed by atoms with van der Waals surface area (Å²) in [6.45, 7) is 37.2. The Morgan fingerprint density at radius 3 is 1.48 bits per heavy atom. The van der Waals surface area contributed by atoms with Gasteiger partial charge in [0.1, 0.15) is 11.5 Å². The monoisotopic (exact) mass is 641 g/mol. The molecule has 1 aromatic carbocycles. The quantitative estimate of drug-likeness (QED) is 0.301. The lowest BCUT2D eigenvalue weighted by Gasteiger charge is -2.57. The number of phenols is 1. The number of unbranched alkanes of at least 4 members (excludes halogenated alkanes) is 1. The third kappa shape index (κ3) is 9.83. The summed E-state index contributed by atoms with van der Waals surface area (Å²) in [4.78, 5) is 27.9. The number of aryl methyl sites for hydroxylation is 1. The molecule has 2 aliphatic heterocycles. The minimum absolute atomic E-state index is 0.218. The van der Waals surface area contributed by atoms with Gasteiger partial charge in [-0.15, -0.1) is 0 Å². The lowest BCUT2D eigenvalue weighted by Crippen LogP contribution is -2.54. The van der Waals surface area contributed by atoms with E-state index in [1.165, 1.54) is 18.4 Å². The summed E-state index contributed by atoms with van der Waals surface area (Å²) in [5.41, 5.74) is 4.12. The molecule has 1 aromatic rings. The fourth-order valence-electron chi connectivity index (χ4n) is 9.48. The van der Waals surface area contributed by atoms with E-state index in [-0.39, 0.29) is 27.9 Å². The van der Waals surface area contributed by atoms with Gasteiger partial charge in [0.15, 0.2) is 0 Å². The largest absolute Gasteiger partial charge is 0.508 e. The second-order valence-electron chi connectivity index (χ2n) is 18.9. The molecule has 2 aliphatic rings. The maximum absolute atomic E-state index is 12.4. The topological polar surface area (TPSA) is 60.9 Å². The molecule has 0 saturated carbocycles. The van der Waals surface area contributed by atoms with Crippen molar-refractivity contribution < 1.29 is 14.7 Å². The van der Waals surface area contributed by atoms with Gasteiger partial charge in [-0.1, -0.05) is 89.2 Å². The van der Waals surface area contributed by atoms with Gasteiger partial charge >= 0.3 is 0 Å². The van der Waals surface area contributed by atoms with Crippen molar-refractivity contribution in [1.29, 1.82) is 0 Å². The van der Waals surface area contributed by atoms with Gasteiger partial charge in [0.25, 0.3) is 0 Å². The zero-order valence-electron chi connectivity index (χ0n) is 32.6. The molecule has 3 rings (SSSR count). The third-order valence-electron chi connectivity index (χ3n) is 12.1. The number of piperidine rings is 2. The molecule has 0 unspecified atom stereocenters. The Labute approximate surface area is 284 Å². The number of hydrogen-bond donors (Lipinski definition) is 1. The van der Waals surface area contributed by atoms with Crippen LogP contribution in [0, 0.1) is 39.4 Å². The number of ketones is 1. The van der Waals surface area contributed by atoms with E-state index < -0.39 is 0 Å². The Hall–Kier alpha value is -1.88. The molecule has 1 amide bonds. The minimum atomic E-state index is 0.218. The number of rotatable bonds is 7. The van der Waals surface area contributed by atoms with E-state index in [1.54, 1.807) is 6.92 Å². The van der Waals surface area contributed by atoms with Crippen molar-refractivity contribution in [3.63, 3.8) is 0 Å². The van der Waals surface area contributed by atoms with Crippen molar-refractivity contribution in [3.8, 4) is 5.75 Å². The standard InChI is InChI=1S/C21H35NO.C20H37NO2/c1-16-12-17(14-18(23)13-16)15-22-10-8-21(9-11-22,19(2,3)4)20(5,6)7;1-16(22)10-8-9-11-17(23)21-14-12-20(13-15-21,18(2,3)4)19(5,6)7/h12-14,23H,8-11,15H2,1-7H3;8-15H2,1-7H3. The fraction of sp³-hybridized carbons (Fsp3) is 0.805. The summed E-state index contributed by atoms with van der Waals surface area (Å²) >= 11 is 0. The molecule has 1 N–H and O–H groups in total. The van der Waals surface area contributed by atoms with Gasteiger partial charge in [-0.2, -0.15) is 0 Å². The highest BCUT2D eigenvalue weighted by Gasteiger charge is 2.52. The molecule has 2 fully saturated rings. The molecule has 2 saturated heterocycles. The van der Waals surface area contributed by atoms with Gasteiger partial charge in [-0.25, -0.2) is 0 Å². The van der Waals surface area contributed by atoms with Crippen LogP contribution in [0.3, 0.4) is 0 Å². The van der Waals surface area contributed by atoms with Crippen LogP contribution in [0.25, 0.3) is 0 Å². The van der Waals surface area contributed by atoms with Crippen LogP contribution >= 0.6 is 0 Å². The van der Waals surface area contributed by atoms with Gasteiger partial charge in [0.2, 0.25) is 5.91 Å². The zero-order valence-corrected chi connectivity index (χ0v) is 32.6. The van der Waals surface area contributed by atoms with Crippen LogP contribution in [0.15, 0.2) is 18.2 Å². The van der Waals surface area contributed by atoms with Crippen molar-refractivity contribution >= 4 is 11.7 Å². The van der Waals surface area contributed by atoms with Crippen LogP contribution in [-0.2, 0) is 16.1 Å². The lowest BCUT2D eigenvalue weighted by molar-refractivity contribution is -0.140. The maximum Gasteiger partial charge on any atom is 0.222 e. The summed E-state index contributed by atoms with van der Waals surface area (Å²) in [7, 11) is 0. The molecular weight excluding hydrogens is 568 g/mol. The van der Waals surface area contributed by atoms with Gasteiger partial charge in [0, 0.05) is 32.5 Å². The van der Waals surface area contributed by atoms with Gasteiger partial charge in [-0.05, 0) is 121 Å². The number of hydrogen-bond acceptors (Lipinski definition) is 4. The number of phenolic OH excluding ortho intramolecular Hbond substituents is 1. The normalized spacial score (nSPS) is 19.3. The lowest BCUT2D eigenvalue weighted by atomic mass is 9.50. The highest BCUT2D eigenvalue weighted by molar-refractivity contribution is 5.77. The Morgan fingerprint density at radius 2 is 1.09 bits per heavy atom. The van der Waals surface area contributed by atoms with E-state index in [0.717, 1.165) is 64.0 Å². The Kier molecular flexibility index (Phi) is 13.2. The molecule has 0 spiro atoms. The summed E-state index contributed by atoms with van der Waals surface area (Å²) in [6.07, 6.45) is 7.52. The van der Waals surface area contributed by atoms with Crippen molar-refractivity contribution in [2.75, 3.05) is 26.2 Å². The molecule has 46 heavy (non-hydrogen) atoms. The third-order valence-corrected chi connectivity index (χ3v) is 12.1. The van der Waals surface area contributed by atoms with E-state index in [9.17, 15) is 14.7 Å². The SMILES string of the molecule is CC(=O)CCCCC(=O)N1CCC(C(C)(C)C)(C(C)(C)C)CC1.Cc1cc(O)cc(CN2CCC(C(C)(C)C)(C(C)(C)C)CC2)c1. The highest BCUT2D eigenvalue weighted by Crippen LogP contribution is 2.58. The average molecular weight is 641 g/mol. The highest BCUT2D eigenvalue weighted by atomic mass is 16.3. The van der Waals surface area contributed by atoms with Crippen LogP contribution in [0.1, 0.15) is 153 Å². The first-order valence-electron chi connectivity index (χ1n) is 18.1. The average Bonchev–Trinajstić information content (AvgIpc) is 2.88. The molecule has 264 valence electrons. The molecule has 2 heterocycles. The molecule has 0 radical (unpaired) electrons. The van der Waals surface area contributed by atoms with E-state index in [4.69, 9.17) is 0 Å². The summed E-state index contributed by atoms with van der Waals surface area (Å²) in [5, 5.41) is 9.80. The number of amides is 1. The fourth-order valence-corrected chi connectivity index (χ4v) is 9.48. The molecule has 0 bridgehead atoms. The molecule has 0 aliphatic carbocycles. The van der Waals surface area contributed by atoms with E-state index >= 15 is 0 Å². The van der Waals surface area contributed by atoms with Gasteiger partial charge in [0.05, 0.1) is 0 Å². The minimum Gasteiger partial charge on any atom is -0.508 e. The Morgan fingerprint density at radius 1 is 0.674 bits per heavy atom. The zero-order chi connectivity index (χ0) is 35.4. The molecule has 0 aromatic heterocycles. The van der Waals surface area contributed by atoms with Crippen LogP contribution in [0.4, 0.5) is 0 Å². The Bertz CT molecular complexity index is 1090. The van der Waals surface area contributed by atoms with Crippen molar-refractivity contribution in [3.05, 3.63) is 29.3 Å². The smallest absolute Gasteiger partial charge is 0.222 e. The van der Waals surface area contributed by atoms with Crippen LogP contribution in [0.5, 0.6) is 5.75 Å². The maximum atomic E-state index is 12.4. The predicted octanol–water partition coefficient (Wildman–Crippen LogP) is 10.2. The predicted molar refractivity (Wildman–Crippen MR) is 195 cm³/mol. The summed E-state index contributed by atoms with van der Waals surface area (Å²) in [6, 6.07) is 5.92. The first-order chi connectivity index (χ1) is 20.8. The molecule has 5 heteroatoms. The van der Waals surface area contributed by atoms with Crippen LogP contribution in [0.2, 0.25) is 0 Å².